The molecule has 5 heteroatoms. The fourth-order valence-corrected chi connectivity index (χ4v) is 3.45. The summed E-state index contributed by atoms with van der Waals surface area (Å²) in [5, 5.41) is 12.8. The summed E-state index contributed by atoms with van der Waals surface area (Å²) in [4.78, 5) is 26.9. The monoisotopic (exact) mass is 380 g/mol. The molecule has 0 aromatic heterocycles. The Morgan fingerprint density at radius 2 is 1.61 bits per heavy atom. The quantitative estimate of drug-likeness (QED) is 0.853. The van der Waals surface area contributed by atoms with E-state index >= 15 is 0 Å². The molecule has 1 saturated heterocycles. The van der Waals surface area contributed by atoms with Crippen molar-refractivity contribution in [3.8, 4) is 5.75 Å². The smallest absolute Gasteiger partial charge is 0.255 e. The first-order chi connectivity index (χ1) is 13.3. The molecule has 2 aromatic rings. The number of carbonyl (C=O) groups excluding carboxylic acids is 2. The average Bonchev–Trinajstić information content (AvgIpc) is 2.68. The Morgan fingerprint density at radius 3 is 2.18 bits per heavy atom. The summed E-state index contributed by atoms with van der Waals surface area (Å²) >= 11 is 0. The molecule has 1 fully saturated rings. The molecular weight excluding hydrogens is 352 g/mol. The van der Waals surface area contributed by atoms with Crippen molar-refractivity contribution in [1.82, 2.24) is 10.2 Å². The van der Waals surface area contributed by atoms with Crippen LogP contribution >= 0.6 is 0 Å². The van der Waals surface area contributed by atoms with E-state index in [0.717, 1.165) is 0 Å². The molecule has 0 spiro atoms. The number of aromatic hydroxyl groups is 1. The van der Waals surface area contributed by atoms with E-state index in [2.05, 4.69) is 26.1 Å². The van der Waals surface area contributed by atoms with Gasteiger partial charge in [0.1, 0.15) is 5.75 Å². The molecule has 0 unspecified atom stereocenters. The van der Waals surface area contributed by atoms with Crippen LogP contribution in [0.5, 0.6) is 5.75 Å². The third-order valence-electron chi connectivity index (χ3n) is 5.26. The molecule has 1 aliphatic heterocycles. The summed E-state index contributed by atoms with van der Waals surface area (Å²) in [7, 11) is 0. The van der Waals surface area contributed by atoms with Gasteiger partial charge in [0.05, 0.1) is 5.56 Å². The van der Waals surface area contributed by atoms with E-state index in [0.29, 0.717) is 31.5 Å². The summed E-state index contributed by atoms with van der Waals surface area (Å²) < 4.78 is 0. The van der Waals surface area contributed by atoms with E-state index in [4.69, 9.17) is 0 Å². The molecule has 0 saturated carbocycles. The first-order valence-corrected chi connectivity index (χ1v) is 9.74. The fourth-order valence-electron chi connectivity index (χ4n) is 3.45. The SMILES string of the molecule is CC(C)(C)c1ccc(C(=O)N2CCC(NC(=O)c3ccccc3O)CC2)cc1. The van der Waals surface area contributed by atoms with Gasteiger partial charge in [-0.05, 0) is 48.1 Å². The number of piperidine rings is 1. The molecule has 0 atom stereocenters. The highest BCUT2D eigenvalue weighted by Crippen LogP contribution is 2.23. The minimum Gasteiger partial charge on any atom is -0.507 e. The van der Waals surface area contributed by atoms with Gasteiger partial charge in [-0.25, -0.2) is 0 Å². The predicted molar refractivity (Wildman–Crippen MR) is 110 cm³/mol. The Bertz CT molecular complexity index is 845. The summed E-state index contributed by atoms with van der Waals surface area (Å²) in [5.74, 6) is -0.266. The number of hydrogen-bond donors (Lipinski definition) is 2. The normalized spacial score (nSPS) is 15.3. The highest BCUT2D eigenvalue weighted by molar-refractivity contribution is 5.97. The Labute approximate surface area is 166 Å². The van der Waals surface area contributed by atoms with Crippen LogP contribution in [0.3, 0.4) is 0 Å². The van der Waals surface area contributed by atoms with Crippen LogP contribution in [0.25, 0.3) is 0 Å². The predicted octanol–water partition coefficient (Wildman–Crippen LogP) is 3.72. The third kappa shape index (κ3) is 4.53. The van der Waals surface area contributed by atoms with Gasteiger partial charge < -0.3 is 15.3 Å². The Balaban J connectivity index is 1.55. The van der Waals surface area contributed by atoms with Gasteiger partial charge in [0.2, 0.25) is 0 Å². The molecule has 0 radical (unpaired) electrons. The second kappa shape index (κ2) is 8.05. The Morgan fingerprint density at radius 1 is 1.00 bits per heavy atom. The fraction of sp³-hybridized carbons (Fsp3) is 0.391. The topological polar surface area (TPSA) is 69.6 Å². The second-order valence-electron chi connectivity index (χ2n) is 8.38. The van der Waals surface area contributed by atoms with E-state index in [9.17, 15) is 14.7 Å². The number of benzene rings is 2. The maximum Gasteiger partial charge on any atom is 0.255 e. The standard InChI is InChI=1S/C23H28N2O3/c1-23(2,3)17-10-8-16(9-11-17)22(28)25-14-12-18(13-15-25)24-21(27)19-6-4-5-7-20(19)26/h4-11,18,26H,12-15H2,1-3H3,(H,24,27). The summed E-state index contributed by atoms with van der Waals surface area (Å²) in [6, 6.07) is 14.3. The van der Waals surface area contributed by atoms with Crippen LogP contribution in [0.15, 0.2) is 48.5 Å². The van der Waals surface area contributed by atoms with E-state index in [-0.39, 0.29) is 34.6 Å². The van der Waals surface area contributed by atoms with Crippen molar-refractivity contribution < 1.29 is 14.7 Å². The molecule has 28 heavy (non-hydrogen) atoms. The largest absolute Gasteiger partial charge is 0.507 e. The zero-order valence-corrected chi connectivity index (χ0v) is 16.7. The number of hydrogen-bond acceptors (Lipinski definition) is 3. The molecule has 3 rings (SSSR count). The van der Waals surface area contributed by atoms with Crippen LogP contribution in [0.2, 0.25) is 0 Å². The maximum atomic E-state index is 12.8. The first kappa shape index (κ1) is 19.9. The summed E-state index contributed by atoms with van der Waals surface area (Å²) in [5.41, 5.74) is 2.24. The van der Waals surface area contributed by atoms with Crippen molar-refractivity contribution in [1.29, 1.82) is 0 Å². The van der Waals surface area contributed by atoms with Crippen molar-refractivity contribution in [3.05, 3.63) is 65.2 Å². The van der Waals surface area contributed by atoms with Gasteiger partial charge in [-0.15, -0.1) is 0 Å². The number of amides is 2. The van der Waals surface area contributed by atoms with Gasteiger partial charge in [-0.2, -0.15) is 0 Å². The molecular formula is C23H28N2O3. The minimum absolute atomic E-state index is 0.000535. The molecule has 5 nitrogen and oxygen atoms in total. The minimum atomic E-state index is -0.277. The first-order valence-electron chi connectivity index (χ1n) is 9.74. The zero-order chi connectivity index (χ0) is 20.3. The maximum absolute atomic E-state index is 12.8. The van der Waals surface area contributed by atoms with Crippen molar-refractivity contribution in [2.24, 2.45) is 0 Å². The molecule has 0 aliphatic carbocycles. The van der Waals surface area contributed by atoms with E-state index in [1.54, 1.807) is 18.2 Å². The lowest BCUT2D eigenvalue weighted by Gasteiger charge is -2.32. The van der Waals surface area contributed by atoms with E-state index in [1.165, 1.54) is 11.6 Å². The molecule has 1 heterocycles. The Hall–Kier alpha value is -2.82. The number of carbonyl (C=O) groups is 2. The van der Waals surface area contributed by atoms with Crippen molar-refractivity contribution >= 4 is 11.8 Å². The Kier molecular flexibility index (Phi) is 5.73. The second-order valence-corrected chi connectivity index (χ2v) is 8.38. The molecule has 1 aliphatic rings. The number of nitrogens with one attached hydrogen (secondary N) is 1. The highest BCUT2D eigenvalue weighted by Gasteiger charge is 2.25. The van der Waals surface area contributed by atoms with Gasteiger partial charge in [-0.1, -0.05) is 45.0 Å². The van der Waals surface area contributed by atoms with Crippen LogP contribution in [0.4, 0.5) is 0 Å². The molecule has 0 bridgehead atoms. The van der Waals surface area contributed by atoms with Crippen LogP contribution < -0.4 is 5.32 Å². The average molecular weight is 380 g/mol. The third-order valence-corrected chi connectivity index (χ3v) is 5.26. The van der Waals surface area contributed by atoms with Crippen LogP contribution in [-0.2, 0) is 5.41 Å². The number of phenols is 1. The number of likely N-dealkylation sites (tertiary alicyclic amines) is 1. The van der Waals surface area contributed by atoms with Crippen LogP contribution in [0, 0.1) is 0 Å². The van der Waals surface area contributed by atoms with Gasteiger partial charge in [0.25, 0.3) is 11.8 Å². The van der Waals surface area contributed by atoms with E-state index in [1.807, 2.05) is 29.2 Å². The molecule has 2 amide bonds. The van der Waals surface area contributed by atoms with Crippen LogP contribution in [-0.4, -0.2) is 41.0 Å². The van der Waals surface area contributed by atoms with Crippen LogP contribution in [0.1, 0.15) is 59.9 Å². The molecule has 148 valence electrons. The van der Waals surface area contributed by atoms with Gasteiger partial charge in [0.15, 0.2) is 0 Å². The van der Waals surface area contributed by atoms with Crippen molar-refractivity contribution in [2.45, 2.75) is 45.1 Å². The lowest BCUT2D eigenvalue weighted by atomic mass is 9.86. The number of rotatable bonds is 3. The molecule has 2 aromatic carbocycles. The summed E-state index contributed by atoms with van der Waals surface area (Å²) in [6.07, 6.45) is 1.40. The van der Waals surface area contributed by atoms with Gasteiger partial charge in [-0.3, -0.25) is 9.59 Å². The number of nitrogens with zero attached hydrogens (tertiary/aromatic N) is 1. The highest BCUT2D eigenvalue weighted by atomic mass is 16.3. The van der Waals surface area contributed by atoms with Crippen molar-refractivity contribution in [3.63, 3.8) is 0 Å². The van der Waals surface area contributed by atoms with Gasteiger partial charge >= 0.3 is 0 Å². The number of para-hydroxylation sites is 1. The lowest BCUT2D eigenvalue weighted by molar-refractivity contribution is 0.0698. The van der Waals surface area contributed by atoms with Crippen molar-refractivity contribution in [2.75, 3.05) is 13.1 Å². The summed E-state index contributed by atoms with van der Waals surface area (Å²) in [6.45, 7) is 7.66. The zero-order valence-electron chi connectivity index (χ0n) is 16.7. The van der Waals surface area contributed by atoms with E-state index < -0.39 is 0 Å². The van der Waals surface area contributed by atoms with Gasteiger partial charge in [0, 0.05) is 24.7 Å². The number of phenolic OH excluding ortho intramolecular Hbond substituents is 1. The lowest BCUT2D eigenvalue weighted by Crippen LogP contribution is -2.46. The molecule has 2 N–H and O–H groups in total.